The average Bonchev–Trinajstić information content (AvgIpc) is 3.04. The number of amides is 1. The minimum Gasteiger partial charge on any atom is -0.471 e. The van der Waals surface area contributed by atoms with Crippen molar-refractivity contribution in [3.8, 4) is 5.88 Å². The fraction of sp³-hybridized carbons (Fsp3) is 0.375. The molecule has 7 heteroatoms. The zero-order valence-corrected chi connectivity index (χ0v) is 13.2. The van der Waals surface area contributed by atoms with Crippen LogP contribution < -0.4 is 9.64 Å². The normalized spacial score (nSPS) is 17.1. The van der Waals surface area contributed by atoms with E-state index in [0.717, 1.165) is 12.2 Å². The summed E-state index contributed by atoms with van der Waals surface area (Å²) in [5, 5.41) is 8.15. The van der Waals surface area contributed by atoms with Gasteiger partial charge in [0.05, 0.1) is 12.1 Å². The zero-order chi connectivity index (χ0) is 16.2. The Morgan fingerprint density at radius 2 is 2.17 bits per heavy atom. The van der Waals surface area contributed by atoms with Gasteiger partial charge < -0.3 is 14.5 Å². The Hall–Kier alpha value is -2.70. The number of rotatable bonds is 4. The van der Waals surface area contributed by atoms with Crippen molar-refractivity contribution < 1.29 is 9.53 Å². The number of carbonyl (C=O) groups is 1. The largest absolute Gasteiger partial charge is 0.471 e. The van der Waals surface area contributed by atoms with Crippen LogP contribution in [0.4, 0.5) is 5.82 Å². The van der Waals surface area contributed by atoms with Crippen molar-refractivity contribution in [2.45, 2.75) is 12.5 Å². The SMILES string of the molecule is CN(C)c1ccc(OC2CCN(C(=O)c3cccnc3)C2)nn1. The lowest BCUT2D eigenvalue weighted by Crippen LogP contribution is -2.31. The van der Waals surface area contributed by atoms with E-state index in [2.05, 4.69) is 15.2 Å². The van der Waals surface area contributed by atoms with Crippen molar-refractivity contribution in [3.63, 3.8) is 0 Å². The molecule has 0 aliphatic carbocycles. The lowest BCUT2D eigenvalue weighted by molar-refractivity contribution is 0.0770. The Morgan fingerprint density at radius 1 is 1.30 bits per heavy atom. The van der Waals surface area contributed by atoms with E-state index in [-0.39, 0.29) is 12.0 Å². The zero-order valence-electron chi connectivity index (χ0n) is 13.2. The van der Waals surface area contributed by atoms with Gasteiger partial charge in [0.15, 0.2) is 5.82 Å². The first-order valence-corrected chi connectivity index (χ1v) is 7.50. The van der Waals surface area contributed by atoms with E-state index in [9.17, 15) is 4.79 Å². The van der Waals surface area contributed by atoms with Gasteiger partial charge >= 0.3 is 0 Å². The van der Waals surface area contributed by atoms with Crippen molar-refractivity contribution >= 4 is 11.7 Å². The molecule has 0 N–H and O–H groups in total. The lowest BCUT2D eigenvalue weighted by atomic mass is 10.2. The molecular formula is C16H19N5O2. The van der Waals surface area contributed by atoms with E-state index >= 15 is 0 Å². The Bertz CT molecular complexity index is 660. The van der Waals surface area contributed by atoms with Gasteiger partial charge in [-0.2, -0.15) is 0 Å². The van der Waals surface area contributed by atoms with E-state index in [1.165, 1.54) is 0 Å². The van der Waals surface area contributed by atoms with Crippen LogP contribution in [0.25, 0.3) is 0 Å². The Kier molecular flexibility index (Phi) is 4.36. The molecule has 1 saturated heterocycles. The maximum Gasteiger partial charge on any atom is 0.255 e. The molecule has 1 aliphatic heterocycles. The molecule has 3 heterocycles. The summed E-state index contributed by atoms with van der Waals surface area (Å²) in [6.07, 6.45) is 3.96. The van der Waals surface area contributed by atoms with Crippen molar-refractivity contribution in [1.29, 1.82) is 0 Å². The van der Waals surface area contributed by atoms with Gasteiger partial charge in [-0.25, -0.2) is 0 Å². The molecule has 3 rings (SSSR count). The van der Waals surface area contributed by atoms with Crippen LogP contribution >= 0.6 is 0 Å². The molecule has 0 aromatic carbocycles. The number of pyridine rings is 1. The monoisotopic (exact) mass is 313 g/mol. The third-order valence-electron chi connectivity index (χ3n) is 3.71. The highest BCUT2D eigenvalue weighted by Gasteiger charge is 2.28. The highest BCUT2D eigenvalue weighted by molar-refractivity contribution is 5.94. The first-order chi connectivity index (χ1) is 11.1. The molecular weight excluding hydrogens is 294 g/mol. The maximum absolute atomic E-state index is 12.4. The summed E-state index contributed by atoms with van der Waals surface area (Å²) in [6, 6.07) is 7.19. The molecule has 2 aromatic heterocycles. The Morgan fingerprint density at radius 3 is 2.83 bits per heavy atom. The molecule has 120 valence electrons. The molecule has 1 atom stereocenters. The quantitative estimate of drug-likeness (QED) is 0.845. The molecule has 23 heavy (non-hydrogen) atoms. The van der Waals surface area contributed by atoms with Gasteiger partial charge in [-0.1, -0.05) is 0 Å². The molecule has 0 bridgehead atoms. The summed E-state index contributed by atoms with van der Waals surface area (Å²) in [4.78, 5) is 20.0. The van der Waals surface area contributed by atoms with Crippen LogP contribution in [0, 0.1) is 0 Å². The fourth-order valence-electron chi connectivity index (χ4n) is 2.47. The Labute approximate surface area is 134 Å². The summed E-state index contributed by atoms with van der Waals surface area (Å²) >= 11 is 0. The van der Waals surface area contributed by atoms with Crippen LogP contribution in [0.3, 0.4) is 0 Å². The molecule has 0 saturated carbocycles. The second-order valence-electron chi connectivity index (χ2n) is 5.65. The highest BCUT2D eigenvalue weighted by atomic mass is 16.5. The first-order valence-electron chi connectivity index (χ1n) is 7.50. The number of hydrogen-bond donors (Lipinski definition) is 0. The predicted molar refractivity (Wildman–Crippen MR) is 85.5 cm³/mol. The summed E-state index contributed by atoms with van der Waals surface area (Å²) in [5.74, 6) is 1.24. The minimum atomic E-state index is -0.0601. The van der Waals surface area contributed by atoms with E-state index in [4.69, 9.17) is 4.74 Å². The van der Waals surface area contributed by atoms with Crippen molar-refractivity contribution in [3.05, 3.63) is 42.2 Å². The van der Waals surface area contributed by atoms with Crippen LogP contribution in [0.5, 0.6) is 5.88 Å². The Balaban J connectivity index is 1.58. The van der Waals surface area contributed by atoms with Gasteiger partial charge in [0.1, 0.15) is 6.10 Å². The predicted octanol–water partition coefficient (Wildman–Crippen LogP) is 1.23. The molecule has 1 fully saturated rings. The van der Waals surface area contributed by atoms with Crippen LogP contribution in [0.2, 0.25) is 0 Å². The standard InChI is InChI=1S/C16H19N5O2/c1-20(2)14-5-6-15(19-18-14)23-13-7-9-21(11-13)16(22)12-4-3-8-17-10-12/h3-6,8,10,13H,7,9,11H2,1-2H3. The number of anilines is 1. The van der Waals surface area contributed by atoms with Gasteiger partial charge in [-0.05, 0) is 18.2 Å². The molecule has 0 spiro atoms. The third-order valence-corrected chi connectivity index (χ3v) is 3.71. The van der Waals surface area contributed by atoms with Crippen LogP contribution in [-0.4, -0.2) is 59.3 Å². The van der Waals surface area contributed by atoms with Crippen LogP contribution in [0.15, 0.2) is 36.7 Å². The van der Waals surface area contributed by atoms with Gasteiger partial charge in [-0.15, -0.1) is 10.2 Å². The maximum atomic E-state index is 12.4. The van der Waals surface area contributed by atoms with E-state index in [0.29, 0.717) is 24.5 Å². The van der Waals surface area contributed by atoms with E-state index in [1.54, 1.807) is 35.5 Å². The van der Waals surface area contributed by atoms with Crippen LogP contribution in [-0.2, 0) is 0 Å². The molecule has 1 unspecified atom stereocenters. The smallest absolute Gasteiger partial charge is 0.255 e. The molecule has 2 aromatic rings. The lowest BCUT2D eigenvalue weighted by Gasteiger charge is -2.17. The highest BCUT2D eigenvalue weighted by Crippen LogP contribution is 2.19. The van der Waals surface area contributed by atoms with Crippen molar-refractivity contribution in [1.82, 2.24) is 20.1 Å². The molecule has 7 nitrogen and oxygen atoms in total. The first kappa shape index (κ1) is 15.2. The second-order valence-corrected chi connectivity index (χ2v) is 5.65. The summed E-state index contributed by atoms with van der Waals surface area (Å²) < 4.78 is 5.82. The summed E-state index contributed by atoms with van der Waals surface area (Å²) in [5.41, 5.74) is 0.600. The number of aromatic nitrogens is 3. The summed E-state index contributed by atoms with van der Waals surface area (Å²) in [6.45, 7) is 1.21. The van der Waals surface area contributed by atoms with Gasteiger partial charge in [-0.3, -0.25) is 9.78 Å². The number of ether oxygens (including phenoxy) is 1. The van der Waals surface area contributed by atoms with Crippen molar-refractivity contribution in [2.75, 3.05) is 32.1 Å². The van der Waals surface area contributed by atoms with E-state index < -0.39 is 0 Å². The second kappa shape index (κ2) is 6.60. The average molecular weight is 313 g/mol. The van der Waals surface area contributed by atoms with Crippen LogP contribution in [0.1, 0.15) is 16.8 Å². The molecule has 1 amide bonds. The number of likely N-dealkylation sites (tertiary alicyclic amines) is 1. The van der Waals surface area contributed by atoms with Gasteiger partial charge in [0.25, 0.3) is 5.91 Å². The fourth-order valence-corrected chi connectivity index (χ4v) is 2.47. The van der Waals surface area contributed by atoms with Crippen molar-refractivity contribution in [2.24, 2.45) is 0 Å². The van der Waals surface area contributed by atoms with Gasteiger partial charge in [0, 0.05) is 45.5 Å². The van der Waals surface area contributed by atoms with Gasteiger partial charge in [0.2, 0.25) is 5.88 Å². The number of carbonyl (C=O) groups excluding carboxylic acids is 1. The number of nitrogens with zero attached hydrogens (tertiary/aromatic N) is 5. The number of hydrogen-bond acceptors (Lipinski definition) is 6. The topological polar surface area (TPSA) is 71.5 Å². The summed E-state index contributed by atoms with van der Waals surface area (Å²) in [7, 11) is 3.81. The minimum absolute atomic E-state index is 0.0155. The molecule has 0 radical (unpaired) electrons. The third kappa shape index (κ3) is 3.56. The molecule has 1 aliphatic rings. The van der Waals surface area contributed by atoms with E-state index in [1.807, 2.05) is 25.1 Å².